The van der Waals surface area contributed by atoms with Crippen LogP contribution in [-0.2, 0) is 15.3 Å². The third-order valence-electron chi connectivity index (χ3n) is 3.98. The van der Waals surface area contributed by atoms with Crippen LogP contribution in [0.3, 0.4) is 0 Å². The van der Waals surface area contributed by atoms with E-state index in [-0.39, 0.29) is 18.8 Å². The Morgan fingerprint density at radius 1 is 1.13 bits per heavy atom. The molecule has 2 heterocycles. The number of benzene rings is 1. The van der Waals surface area contributed by atoms with E-state index in [4.69, 9.17) is 4.74 Å². The second-order valence-corrected chi connectivity index (χ2v) is 7.28. The summed E-state index contributed by atoms with van der Waals surface area (Å²) in [4.78, 5) is 33.1. The van der Waals surface area contributed by atoms with Crippen LogP contribution in [0.5, 0.6) is 0 Å². The maximum Gasteiger partial charge on any atom is 0.325 e. The summed E-state index contributed by atoms with van der Waals surface area (Å²) in [5.74, 6) is -0.643. The van der Waals surface area contributed by atoms with Crippen LogP contribution in [0.25, 0.3) is 5.69 Å². The van der Waals surface area contributed by atoms with E-state index in [1.807, 2.05) is 50.2 Å². The van der Waals surface area contributed by atoms with Crippen molar-refractivity contribution in [1.29, 1.82) is 0 Å². The molecule has 0 fully saturated rings. The lowest BCUT2D eigenvalue weighted by molar-refractivity contribution is -0.141. The fraction of sp³-hybridized carbons (Fsp3) is 0.300. The van der Waals surface area contributed by atoms with Crippen LogP contribution in [0.15, 0.2) is 41.6 Å². The molecule has 0 radical (unpaired) electrons. The minimum absolute atomic E-state index is 0.139. The molecular weight excluding hydrogens is 404 g/mol. The molecule has 10 heteroatoms. The highest BCUT2D eigenvalue weighted by Gasteiger charge is 2.22. The van der Waals surface area contributed by atoms with Gasteiger partial charge in [-0.25, -0.2) is 14.6 Å². The van der Waals surface area contributed by atoms with Gasteiger partial charge in [-0.3, -0.25) is 9.59 Å². The summed E-state index contributed by atoms with van der Waals surface area (Å²) in [6.45, 7) is 5.52. The Kier molecular flexibility index (Phi) is 7.12. The Hall–Kier alpha value is -3.27. The molecule has 0 unspecified atom stereocenters. The number of carbonyl (C=O) groups is 2. The van der Waals surface area contributed by atoms with Gasteiger partial charge in [0.15, 0.2) is 10.9 Å². The van der Waals surface area contributed by atoms with Gasteiger partial charge < -0.3 is 10.1 Å². The molecule has 1 N–H and O–H groups in total. The van der Waals surface area contributed by atoms with E-state index in [1.54, 1.807) is 11.6 Å². The number of aromatic nitrogens is 5. The standard InChI is InChI=1S/C20H22N6O3S/c1-4-29-17(27)11-21-19(28)18-16(12-30-20-22-13(2)10-14(3)23-20)26(25-24-18)15-8-6-5-7-9-15/h5-10H,4,11-12H2,1-3H3,(H,21,28). The first-order chi connectivity index (χ1) is 14.5. The Balaban J connectivity index is 1.86. The molecule has 2 aromatic heterocycles. The van der Waals surface area contributed by atoms with Crippen molar-refractivity contribution in [3.05, 3.63) is 59.2 Å². The van der Waals surface area contributed by atoms with E-state index in [9.17, 15) is 9.59 Å². The molecule has 0 spiro atoms. The van der Waals surface area contributed by atoms with Gasteiger partial charge in [-0.05, 0) is 39.0 Å². The highest BCUT2D eigenvalue weighted by atomic mass is 32.2. The Labute approximate surface area is 178 Å². The van der Waals surface area contributed by atoms with Gasteiger partial charge in [0.1, 0.15) is 6.54 Å². The SMILES string of the molecule is CCOC(=O)CNC(=O)c1nnn(-c2ccccc2)c1CSc1nc(C)cc(C)n1. The van der Waals surface area contributed by atoms with Gasteiger partial charge >= 0.3 is 5.97 Å². The molecule has 1 amide bonds. The van der Waals surface area contributed by atoms with Crippen molar-refractivity contribution in [3.63, 3.8) is 0 Å². The molecule has 3 rings (SSSR count). The van der Waals surface area contributed by atoms with Crippen molar-refractivity contribution in [2.75, 3.05) is 13.2 Å². The molecule has 0 atom stereocenters. The monoisotopic (exact) mass is 426 g/mol. The molecule has 0 aliphatic rings. The van der Waals surface area contributed by atoms with E-state index in [1.165, 1.54) is 11.8 Å². The largest absolute Gasteiger partial charge is 0.465 e. The molecule has 0 bridgehead atoms. The van der Waals surface area contributed by atoms with Crippen LogP contribution in [0, 0.1) is 13.8 Å². The van der Waals surface area contributed by atoms with E-state index in [2.05, 4.69) is 25.6 Å². The van der Waals surface area contributed by atoms with Crippen LogP contribution in [0.4, 0.5) is 0 Å². The highest BCUT2D eigenvalue weighted by molar-refractivity contribution is 7.98. The van der Waals surface area contributed by atoms with Crippen LogP contribution in [-0.4, -0.2) is 50.0 Å². The predicted molar refractivity (Wildman–Crippen MR) is 111 cm³/mol. The van der Waals surface area contributed by atoms with Gasteiger partial charge in [-0.1, -0.05) is 35.2 Å². The first-order valence-electron chi connectivity index (χ1n) is 9.36. The average molecular weight is 427 g/mol. The fourth-order valence-corrected chi connectivity index (χ4v) is 3.67. The number of thioether (sulfide) groups is 1. The molecule has 0 saturated carbocycles. The van der Waals surface area contributed by atoms with Crippen molar-refractivity contribution in [3.8, 4) is 5.69 Å². The Bertz CT molecular complexity index is 1020. The first kappa shape index (κ1) is 21.4. The number of nitrogens with one attached hydrogen (secondary N) is 1. The Morgan fingerprint density at radius 3 is 2.50 bits per heavy atom. The third-order valence-corrected chi connectivity index (χ3v) is 4.84. The molecule has 1 aromatic carbocycles. The molecule has 9 nitrogen and oxygen atoms in total. The number of hydrogen-bond acceptors (Lipinski definition) is 8. The summed E-state index contributed by atoms with van der Waals surface area (Å²) in [6.07, 6.45) is 0. The zero-order valence-corrected chi connectivity index (χ0v) is 17.8. The summed E-state index contributed by atoms with van der Waals surface area (Å²) in [7, 11) is 0. The summed E-state index contributed by atoms with van der Waals surface area (Å²) in [6, 6.07) is 11.3. The topological polar surface area (TPSA) is 112 Å². The van der Waals surface area contributed by atoms with Crippen LogP contribution < -0.4 is 5.32 Å². The molecular formula is C20H22N6O3S. The number of ether oxygens (including phenoxy) is 1. The number of rotatable bonds is 8. The van der Waals surface area contributed by atoms with Gasteiger partial charge in [0, 0.05) is 17.1 Å². The molecule has 0 aliphatic heterocycles. The zero-order valence-electron chi connectivity index (χ0n) is 17.0. The van der Waals surface area contributed by atoms with Gasteiger partial charge in [-0.15, -0.1) is 5.10 Å². The summed E-state index contributed by atoms with van der Waals surface area (Å²) < 4.78 is 6.45. The van der Waals surface area contributed by atoms with Crippen molar-refractivity contribution >= 4 is 23.6 Å². The zero-order chi connectivity index (χ0) is 21.5. The summed E-state index contributed by atoms with van der Waals surface area (Å²) in [5.41, 5.74) is 3.22. The van der Waals surface area contributed by atoms with Crippen LogP contribution in [0.1, 0.15) is 34.5 Å². The second kappa shape index (κ2) is 9.97. The highest BCUT2D eigenvalue weighted by Crippen LogP contribution is 2.23. The lowest BCUT2D eigenvalue weighted by Gasteiger charge is -2.09. The summed E-state index contributed by atoms with van der Waals surface area (Å²) >= 11 is 1.38. The quantitative estimate of drug-likeness (QED) is 0.332. The molecule has 0 aliphatic carbocycles. The smallest absolute Gasteiger partial charge is 0.325 e. The number of esters is 1. The van der Waals surface area contributed by atoms with Gasteiger partial charge in [-0.2, -0.15) is 0 Å². The second-order valence-electron chi connectivity index (χ2n) is 6.34. The van der Waals surface area contributed by atoms with Crippen LogP contribution in [0.2, 0.25) is 0 Å². The van der Waals surface area contributed by atoms with Crippen molar-refractivity contribution in [2.24, 2.45) is 0 Å². The van der Waals surface area contributed by atoms with E-state index in [0.717, 1.165) is 17.1 Å². The maximum atomic E-state index is 12.7. The van der Waals surface area contributed by atoms with Gasteiger partial charge in [0.25, 0.3) is 5.91 Å². The molecule has 30 heavy (non-hydrogen) atoms. The lowest BCUT2D eigenvalue weighted by Crippen LogP contribution is -2.31. The van der Waals surface area contributed by atoms with Gasteiger partial charge in [0.2, 0.25) is 0 Å². The number of carbonyl (C=O) groups excluding carboxylic acids is 2. The van der Waals surface area contributed by atoms with E-state index in [0.29, 0.717) is 16.6 Å². The predicted octanol–water partition coefficient (Wildman–Crippen LogP) is 2.26. The fourth-order valence-electron chi connectivity index (χ4n) is 2.72. The molecule has 0 saturated heterocycles. The maximum absolute atomic E-state index is 12.7. The lowest BCUT2D eigenvalue weighted by atomic mass is 10.3. The summed E-state index contributed by atoms with van der Waals surface area (Å²) in [5, 5.41) is 11.4. The molecule has 3 aromatic rings. The molecule has 156 valence electrons. The van der Waals surface area contributed by atoms with Gasteiger partial charge in [0.05, 0.1) is 18.0 Å². The average Bonchev–Trinajstić information content (AvgIpc) is 3.15. The normalized spacial score (nSPS) is 10.6. The van der Waals surface area contributed by atoms with Crippen molar-refractivity contribution < 1.29 is 14.3 Å². The number of hydrogen-bond donors (Lipinski definition) is 1. The van der Waals surface area contributed by atoms with E-state index < -0.39 is 11.9 Å². The van der Waals surface area contributed by atoms with Crippen molar-refractivity contribution in [2.45, 2.75) is 31.7 Å². The minimum atomic E-state index is -0.513. The Morgan fingerprint density at radius 2 is 1.83 bits per heavy atom. The number of amides is 1. The van der Waals surface area contributed by atoms with Crippen molar-refractivity contribution in [1.82, 2.24) is 30.3 Å². The number of nitrogens with zero attached hydrogens (tertiary/aromatic N) is 5. The number of para-hydroxylation sites is 1. The van der Waals surface area contributed by atoms with Crippen LogP contribution >= 0.6 is 11.8 Å². The minimum Gasteiger partial charge on any atom is -0.465 e. The number of aryl methyl sites for hydroxylation is 2. The van der Waals surface area contributed by atoms with E-state index >= 15 is 0 Å². The third kappa shape index (κ3) is 5.41. The first-order valence-corrected chi connectivity index (χ1v) is 10.4.